The molecule has 0 radical (unpaired) electrons. The summed E-state index contributed by atoms with van der Waals surface area (Å²) in [6, 6.07) is 16.6. The van der Waals surface area contributed by atoms with Crippen molar-refractivity contribution in [1.29, 1.82) is 0 Å². The Morgan fingerprint density at radius 1 is 1.05 bits per heavy atom. The second-order valence-corrected chi connectivity index (χ2v) is 5.06. The monoisotopic (exact) mass is 294 g/mol. The average Bonchev–Trinajstić information content (AvgIpc) is 2.53. The molecule has 1 unspecified atom stereocenters. The molecule has 0 saturated carbocycles. The number of hydrogen-bond donors (Lipinski definition) is 0. The number of rotatable bonds is 5. The third kappa shape index (κ3) is 4.42. The number of hydrogen-bond acceptors (Lipinski definition) is 3. The van der Waals surface area contributed by atoms with Gasteiger partial charge in [-0.2, -0.15) is 0 Å². The van der Waals surface area contributed by atoms with Crippen LogP contribution in [0.1, 0.15) is 28.4 Å². The van der Waals surface area contributed by atoms with E-state index in [4.69, 9.17) is 4.74 Å². The van der Waals surface area contributed by atoms with E-state index >= 15 is 0 Å². The van der Waals surface area contributed by atoms with Crippen molar-refractivity contribution in [1.82, 2.24) is 0 Å². The minimum atomic E-state index is -0.808. The van der Waals surface area contributed by atoms with Crippen LogP contribution in [0.3, 0.4) is 0 Å². The van der Waals surface area contributed by atoms with E-state index in [0.29, 0.717) is 5.56 Å². The van der Waals surface area contributed by atoms with Crippen LogP contribution in [0.4, 0.5) is 0 Å². The van der Waals surface area contributed by atoms with Crippen LogP contribution in [0.25, 0.3) is 6.08 Å². The molecule has 0 amide bonds. The highest BCUT2D eigenvalue weighted by molar-refractivity contribution is 6.00. The highest BCUT2D eigenvalue weighted by Crippen LogP contribution is 2.08. The Morgan fingerprint density at radius 3 is 2.45 bits per heavy atom. The average molecular weight is 294 g/mol. The van der Waals surface area contributed by atoms with E-state index in [1.165, 1.54) is 6.08 Å². The third-order valence-corrected chi connectivity index (χ3v) is 3.17. The van der Waals surface area contributed by atoms with Crippen molar-refractivity contribution in [3.8, 4) is 0 Å². The van der Waals surface area contributed by atoms with Gasteiger partial charge in [-0.05, 0) is 25.5 Å². The molecule has 2 aromatic rings. The van der Waals surface area contributed by atoms with Gasteiger partial charge in [0.15, 0.2) is 6.10 Å². The predicted octanol–water partition coefficient (Wildman–Crippen LogP) is 3.82. The molecule has 2 rings (SSSR count). The topological polar surface area (TPSA) is 43.4 Å². The maximum atomic E-state index is 12.1. The van der Waals surface area contributed by atoms with E-state index < -0.39 is 12.1 Å². The summed E-state index contributed by atoms with van der Waals surface area (Å²) >= 11 is 0. The molecular weight excluding hydrogens is 276 g/mol. The van der Waals surface area contributed by atoms with Gasteiger partial charge in [0, 0.05) is 11.6 Å². The zero-order valence-electron chi connectivity index (χ0n) is 12.7. The van der Waals surface area contributed by atoms with E-state index in [0.717, 1.165) is 11.1 Å². The first-order valence-corrected chi connectivity index (χ1v) is 7.11. The lowest BCUT2D eigenvalue weighted by atomic mass is 10.1. The van der Waals surface area contributed by atoms with Crippen LogP contribution in [0.5, 0.6) is 0 Å². The number of esters is 1. The minimum Gasteiger partial charge on any atom is -0.451 e. The second kappa shape index (κ2) is 7.36. The minimum absolute atomic E-state index is 0.210. The molecule has 0 aliphatic rings. The summed E-state index contributed by atoms with van der Waals surface area (Å²) in [7, 11) is 0. The Kier molecular flexibility index (Phi) is 5.26. The van der Waals surface area contributed by atoms with Gasteiger partial charge in [-0.25, -0.2) is 4.79 Å². The van der Waals surface area contributed by atoms with Gasteiger partial charge in [-0.1, -0.05) is 60.2 Å². The zero-order chi connectivity index (χ0) is 15.9. The Hall–Kier alpha value is -2.68. The molecule has 0 N–H and O–H groups in total. The van der Waals surface area contributed by atoms with Crippen molar-refractivity contribution in [2.45, 2.75) is 20.0 Å². The lowest BCUT2D eigenvalue weighted by Gasteiger charge is -2.10. The van der Waals surface area contributed by atoms with Crippen LogP contribution in [0, 0.1) is 6.92 Å². The second-order valence-electron chi connectivity index (χ2n) is 5.06. The number of aryl methyl sites for hydroxylation is 1. The number of ketones is 1. The van der Waals surface area contributed by atoms with Crippen molar-refractivity contribution in [2.24, 2.45) is 0 Å². The smallest absolute Gasteiger partial charge is 0.331 e. The summed E-state index contributed by atoms with van der Waals surface area (Å²) in [5, 5.41) is 0. The van der Waals surface area contributed by atoms with Crippen molar-refractivity contribution < 1.29 is 14.3 Å². The molecule has 2 aromatic carbocycles. The zero-order valence-corrected chi connectivity index (χ0v) is 12.7. The van der Waals surface area contributed by atoms with Gasteiger partial charge in [-0.3, -0.25) is 4.79 Å². The van der Waals surface area contributed by atoms with Crippen LogP contribution in [0.2, 0.25) is 0 Å². The summed E-state index contributed by atoms with van der Waals surface area (Å²) in [4.78, 5) is 23.9. The number of benzene rings is 2. The highest BCUT2D eigenvalue weighted by atomic mass is 16.5. The normalized spacial score (nSPS) is 12.1. The number of carbonyl (C=O) groups excluding carboxylic acids is 2. The molecule has 0 saturated heterocycles. The molecule has 0 fully saturated rings. The lowest BCUT2D eigenvalue weighted by molar-refractivity contribution is -0.140. The summed E-state index contributed by atoms with van der Waals surface area (Å²) in [6.07, 6.45) is 2.20. The first-order chi connectivity index (χ1) is 10.6. The fourth-order valence-corrected chi connectivity index (χ4v) is 2.04. The van der Waals surface area contributed by atoms with E-state index in [1.54, 1.807) is 37.3 Å². The fraction of sp³-hybridized carbons (Fsp3) is 0.158. The summed E-state index contributed by atoms with van der Waals surface area (Å²) in [5.41, 5.74) is 2.56. The van der Waals surface area contributed by atoms with Gasteiger partial charge in [0.25, 0.3) is 0 Å². The maximum absolute atomic E-state index is 12.1. The first kappa shape index (κ1) is 15.7. The van der Waals surface area contributed by atoms with Gasteiger partial charge < -0.3 is 4.74 Å². The molecule has 0 spiro atoms. The Labute approximate surface area is 130 Å². The summed E-state index contributed by atoms with van der Waals surface area (Å²) in [6.45, 7) is 3.56. The quantitative estimate of drug-likeness (QED) is 0.478. The highest BCUT2D eigenvalue weighted by Gasteiger charge is 2.17. The van der Waals surface area contributed by atoms with Gasteiger partial charge in [0.1, 0.15) is 0 Å². The molecule has 0 bridgehead atoms. The van der Waals surface area contributed by atoms with Crippen molar-refractivity contribution in [3.05, 3.63) is 77.4 Å². The summed E-state index contributed by atoms with van der Waals surface area (Å²) < 4.78 is 5.14. The number of ether oxygens (including phenoxy) is 1. The van der Waals surface area contributed by atoms with Crippen LogP contribution in [0.15, 0.2) is 60.7 Å². The van der Waals surface area contributed by atoms with E-state index in [-0.39, 0.29) is 5.78 Å². The number of Topliss-reactive ketones (excluding diaryl/α,β-unsaturated/α-hetero) is 1. The molecule has 3 nitrogen and oxygen atoms in total. The molecule has 112 valence electrons. The molecule has 0 heterocycles. The van der Waals surface area contributed by atoms with Gasteiger partial charge in [0.05, 0.1) is 0 Å². The van der Waals surface area contributed by atoms with Crippen LogP contribution in [-0.2, 0) is 9.53 Å². The van der Waals surface area contributed by atoms with Crippen LogP contribution < -0.4 is 0 Å². The standard InChI is InChI=1S/C19H18O3/c1-14-7-6-8-16(13-14)11-12-18(20)22-15(2)19(21)17-9-4-3-5-10-17/h3-13,15H,1-2H3/b12-11+. The predicted molar refractivity (Wildman–Crippen MR) is 86.5 cm³/mol. The third-order valence-electron chi connectivity index (χ3n) is 3.17. The lowest BCUT2D eigenvalue weighted by Crippen LogP contribution is -2.23. The maximum Gasteiger partial charge on any atom is 0.331 e. The van der Waals surface area contributed by atoms with Crippen molar-refractivity contribution in [2.75, 3.05) is 0 Å². The summed E-state index contributed by atoms with van der Waals surface area (Å²) in [5.74, 6) is -0.740. The molecule has 22 heavy (non-hydrogen) atoms. The van der Waals surface area contributed by atoms with E-state index in [9.17, 15) is 9.59 Å². The van der Waals surface area contributed by atoms with Crippen molar-refractivity contribution >= 4 is 17.8 Å². The Balaban J connectivity index is 1.95. The molecular formula is C19H18O3. The fourth-order valence-electron chi connectivity index (χ4n) is 2.04. The molecule has 3 heteroatoms. The Morgan fingerprint density at radius 2 is 1.77 bits per heavy atom. The van der Waals surface area contributed by atoms with Crippen molar-refractivity contribution in [3.63, 3.8) is 0 Å². The largest absolute Gasteiger partial charge is 0.451 e. The van der Waals surface area contributed by atoms with Crippen LogP contribution >= 0.6 is 0 Å². The molecule has 0 aliphatic carbocycles. The first-order valence-electron chi connectivity index (χ1n) is 7.11. The van der Waals surface area contributed by atoms with Gasteiger partial charge >= 0.3 is 5.97 Å². The molecule has 0 aromatic heterocycles. The Bertz CT molecular complexity index is 687. The van der Waals surface area contributed by atoms with E-state index in [2.05, 4.69) is 0 Å². The molecule has 0 aliphatic heterocycles. The van der Waals surface area contributed by atoms with Gasteiger partial charge in [0.2, 0.25) is 5.78 Å². The number of carbonyl (C=O) groups is 2. The van der Waals surface area contributed by atoms with Crippen LogP contribution in [-0.4, -0.2) is 17.9 Å². The van der Waals surface area contributed by atoms with E-state index in [1.807, 2.05) is 37.3 Å². The SMILES string of the molecule is Cc1cccc(/C=C/C(=O)OC(C)C(=O)c2ccccc2)c1. The van der Waals surface area contributed by atoms with Gasteiger partial charge in [-0.15, -0.1) is 0 Å². The molecule has 1 atom stereocenters.